The second-order valence-corrected chi connectivity index (χ2v) is 4.29. The van der Waals surface area contributed by atoms with Crippen LogP contribution in [0, 0.1) is 0 Å². The van der Waals surface area contributed by atoms with Crippen LogP contribution in [0.1, 0.15) is 37.8 Å². The highest BCUT2D eigenvalue weighted by atomic mass is 32.2. The molecule has 0 aliphatic rings. The molecule has 0 atom stereocenters. The fourth-order valence-electron chi connectivity index (χ4n) is 1.52. The molecule has 0 amide bonds. The molecule has 0 aliphatic carbocycles. The maximum absolute atomic E-state index is 10.6. The van der Waals surface area contributed by atoms with Gasteiger partial charge in [-0.05, 0) is 23.5 Å². The summed E-state index contributed by atoms with van der Waals surface area (Å²) in [6.07, 6.45) is 0.763. The highest BCUT2D eigenvalue weighted by Crippen LogP contribution is 2.30. The lowest BCUT2D eigenvalue weighted by Crippen LogP contribution is -2.00. The normalized spacial score (nSPS) is 11.0. The Labute approximate surface area is 92.2 Å². The van der Waals surface area contributed by atoms with Crippen LogP contribution in [0.5, 0.6) is 5.75 Å². The van der Waals surface area contributed by atoms with Gasteiger partial charge in [0.25, 0.3) is 11.0 Å². The number of hydrogen-bond acceptors (Lipinski definition) is 3. The van der Waals surface area contributed by atoms with E-state index in [9.17, 15) is 8.42 Å². The molecule has 0 saturated carbocycles. The summed E-state index contributed by atoms with van der Waals surface area (Å²) in [5.41, 5.74) is 1.87. The van der Waals surface area contributed by atoms with E-state index >= 15 is 0 Å². The van der Waals surface area contributed by atoms with Crippen molar-refractivity contribution in [2.45, 2.75) is 33.1 Å². The van der Waals surface area contributed by atoms with E-state index in [0.29, 0.717) is 5.75 Å². The third kappa shape index (κ3) is 2.96. The van der Waals surface area contributed by atoms with Crippen LogP contribution < -0.4 is 4.18 Å². The third-order valence-corrected chi connectivity index (χ3v) is 2.63. The molecule has 3 nitrogen and oxygen atoms in total. The van der Waals surface area contributed by atoms with Gasteiger partial charge in [-0.25, -0.2) is 0 Å². The molecule has 4 heteroatoms. The van der Waals surface area contributed by atoms with Crippen molar-refractivity contribution in [2.24, 2.45) is 0 Å². The van der Waals surface area contributed by atoms with E-state index in [2.05, 4.69) is 0 Å². The Hall–Kier alpha value is -1.03. The standard InChI is InChI=1S/C11H16O3S/c1-4-9-6-5-7-10(8(2)3)11(9)14-15(12)13/h5-8,15H,4H2,1-3H3. The fraction of sp³-hybridized carbons (Fsp3) is 0.455. The topological polar surface area (TPSA) is 43.4 Å². The summed E-state index contributed by atoms with van der Waals surface area (Å²) in [4.78, 5) is 0. The fourth-order valence-corrected chi connectivity index (χ4v) is 1.90. The SMILES string of the molecule is CCc1cccc(C(C)C)c1O[SH](=O)=O. The average molecular weight is 228 g/mol. The molecular weight excluding hydrogens is 212 g/mol. The monoisotopic (exact) mass is 228 g/mol. The highest BCUT2D eigenvalue weighted by molar-refractivity contribution is 7.67. The lowest BCUT2D eigenvalue weighted by molar-refractivity contribution is 0.501. The molecule has 0 fully saturated rings. The average Bonchev–Trinajstić information content (AvgIpc) is 2.16. The van der Waals surface area contributed by atoms with Gasteiger partial charge in [-0.15, -0.1) is 0 Å². The van der Waals surface area contributed by atoms with Crippen molar-refractivity contribution >= 4 is 11.0 Å². The minimum atomic E-state index is -2.84. The Morgan fingerprint density at radius 1 is 1.33 bits per heavy atom. The molecule has 0 spiro atoms. The Morgan fingerprint density at radius 3 is 2.47 bits per heavy atom. The van der Waals surface area contributed by atoms with Crippen molar-refractivity contribution in [3.8, 4) is 5.75 Å². The Morgan fingerprint density at radius 2 is 2.00 bits per heavy atom. The maximum atomic E-state index is 10.6. The van der Waals surface area contributed by atoms with Gasteiger partial charge in [-0.1, -0.05) is 39.0 Å². The number of para-hydroxylation sites is 1. The van der Waals surface area contributed by atoms with Crippen LogP contribution in [-0.2, 0) is 17.4 Å². The van der Waals surface area contributed by atoms with Crippen molar-refractivity contribution in [3.05, 3.63) is 29.3 Å². The minimum Gasteiger partial charge on any atom is -0.384 e. The van der Waals surface area contributed by atoms with Gasteiger partial charge in [0, 0.05) is 0 Å². The molecule has 0 radical (unpaired) electrons. The summed E-state index contributed by atoms with van der Waals surface area (Å²) in [6.45, 7) is 6.00. The summed E-state index contributed by atoms with van der Waals surface area (Å²) >= 11 is 0. The molecule has 0 saturated heterocycles. The molecule has 0 aromatic heterocycles. The van der Waals surface area contributed by atoms with Gasteiger partial charge < -0.3 is 4.18 Å². The number of hydrogen-bond donors (Lipinski definition) is 1. The quantitative estimate of drug-likeness (QED) is 0.804. The maximum Gasteiger partial charge on any atom is 0.299 e. The molecule has 0 heterocycles. The molecule has 0 aliphatic heterocycles. The van der Waals surface area contributed by atoms with Gasteiger partial charge in [-0.3, -0.25) is 0 Å². The van der Waals surface area contributed by atoms with Crippen LogP contribution in [0.4, 0.5) is 0 Å². The van der Waals surface area contributed by atoms with Crippen LogP contribution in [0.15, 0.2) is 18.2 Å². The molecule has 0 bridgehead atoms. The first kappa shape index (κ1) is 12.0. The number of aryl methyl sites for hydroxylation is 1. The van der Waals surface area contributed by atoms with Crippen molar-refractivity contribution in [2.75, 3.05) is 0 Å². The van der Waals surface area contributed by atoms with Crippen molar-refractivity contribution in [3.63, 3.8) is 0 Å². The van der Waals surface area contributed by atoms with Crippen LogP contribution >= 0.6 is 0 Å². The van der Waals surface area contributed by atoms with Gasteiger partial charge in [0.05, 0.1) is 0 Å². The summed E-state index contributed by atoms with van der Waals surface area (Å²) in [5.74, 6) is 0.757. The number of thiol groups is 1. The van der Waals surface area contributed by atoms with E-state index in [-0.39, 0.29) is 5.92 Å². The van der Waals surface area contributed by atoms with E-state index in [1.54, 1.807) is 0 Å². The van der Waals surface area contributed by atoms with E-state index in [4.69, 9.17) is 4.18 Å². The van der Waals surface area contributed by atoms with Crippen LogP contribution in [-0.4, -0.2) is 8.42 Å². The van der Waals surface area contributed by atoms with Crippen LogP contribution in [0.2, 0.25) is 0 Å². The second-order valence-electron chi connectivity index (χ2n) is 3.66. The second kappa shape index (κ2) is 5.16. The van der Waals surface area contributed by atoms with Gasteiger partial charge in [0.2, 0.25) is 0 Å². The molecule has 1 aromatic carbocycles. The minimum absolute atomic E-state index is 0.251. The first-order valence-electron chi connectivity index (χ1n) is 5.00. The van der Waals surface area contributed by atoms with Gasteiger partial charge in [0.1, 0.15) is 5.75 Å². The molecule has 84 valence electrons. The van der Waals surface area contributed by atoms with Crippen LogP contribution in [0.3, 0.4) is 0 Å². The van der Waals surface area contributed by atoms with E-state index in [0.717, 1.165) is 17.5 Å². The van der Waals surface area contributed by atoms with Crippen LogP contribution in [0.25, 0.3) is 0 Å². The van der Waals surface area contributed by atoms with Crippen molar-refractivity contribution in [1.29, 1.82) is 0 Å². The number of benzene rings is 1. The molecule has 1 aromatic rings. The first-order chi connectivity index (χ1) is 7.06. The van der Waals surface area contributed by atoms with Gasteiger partial charge >= 0.3 is 0 Å². The summed E-state index contributed by atoms with van der Waals surface area (Å²) in [7, 11) is -2.84. The Kier molecular flexibility index (Phi) is 4.15. The van der Waals surface area contributed by atoms with Crippen molar-refractivity contribution < 1.29 is 12.6 Å². The molecule has 0 unspecified atom stereocenters. The summed E-state index contributed by atoms with van der Waals surface area (Å²) in [6, 6.07) is 5.72. The lowest BCUT2D eigenvalue weighted by Gasteiger charge is -2.13. The van der Waals surface area contributed by atoms with Gasteiger partial charge in [0.15, 0.2) is 0 Å². The third-order valence-electron chi connectivity index (χ3n) is 2.30. The molecule has 15 heavy (non-hydrogen) atoms. The molecular formula is C11H16O3S. The Bertz CT molecular complexity index is 400. The van der Waals surface area contributed by atoms with E-state index in [1.165, 1.54) is 0 Å². The zero-order valence-electron chi connectivity index (χ0n) is 9.19. The van der Waals surface area contributed by atoms with Gasteiger partial charge in [-0.2, -0.15) is 8.42 Å². The largest absolute Gasteiger partial charge is 0.384 e. The highest BCUT2D eigenvalue weighted by Gasteiger charge is 2.12. The Balaban J connectivity index is 3.26. The van der Waals surface area contributed by atoms with Crippen molar-refractivity contribution in [1.82, 2.24) is 0 Å². The zero-order chi connectivity index (χ0) is 11.4. The first-order valence-corrected chi connectivity index (χ1v) is 6.10. The number of rotatable bonds is 4. The van der Waals surface area contributed by atoms with E-state index < -0.39 is 11.0 Å². The predicted molar refractivity (Wildman–Crippen MR) is 60.9 cm³/mol. The molecule has 1 rings (SSSR count). The summed E-state index contributed by atoms with van der Waals surface area (Å²) in [5, 5.41) is 0. The van der Waals surface area contributed by atoms with E-state index in [1.807, 2.05) is 39.0 Å². The molecule has 0 N–H and O–H groups in total. The zero-order valence-corrected chi connectivity index (χ0v) is 10.1. The summed E-state index contributed by atoms with van der Waals surface area (Å²) < 4.78 is 26.1. The predicted octanol–water partition coefficient (Wildman–Crippen LogP) is 2.28. The smallest absolute Gasteiger partial charge is 0.299 e. The lowest BCUT2D eigenvalue weighted by atomic mass is 9.98.